The van der Waals surface area contributed by atoms with E-state index in [1.807, 2.05) is 0 Å². The van der Waals surface area contributed by atoms with Crippen molar-refractivity contribution in [2.45, 2.75) is 4.05 Å². The largest absolute Gasteiger partial charge is 0.313 e. The predicted octanol–water partition coefficient (Wildman–Crippen LogP) is -0.184. The Balaban J connectivity index is 2.83. The van der Waals surface area contributed by atoms with Gasteiger partial charge in [0.05, 0.1) is 0 Å². The molecule has 0 bridgehead atoms. The van der Waals surface area contributed by atoms with E-state index in [4.69, 9.17) is 5.73 Å². The molecule has 0 amide bonds. The van der Waals surface area contributed by atoms with Crippen LogP contribution < -0.4 is 5.73 Å². The normalized spacial score (nSPS) is 14.0. The molecule has 3 heteroatoms. The first-order valence-electron chi connectivity index (χ1n) is 1.04. The lowest BCUT2D eigenvalue weighted by Crippen LogP contribution is -2.10. The highest BCUT2D eigenvalue weighted by molar-refractivity contribution is 14.1. The third-order valence-corrected chi connectivity index (χ3v) is 0.367. The second-order valence-electron chi connectivity index (χ2n) is 0.520. The van der Waals surface area contributed by atoms with E-state index in [0.717, 1.165) is 0 Å². The molecule has 0 aliphatic carbocycles. The molecule has 29 valence electrons. The summed E-state index contributed by atoms with van der Waals surface area (Å²) in [6.45, 7) is 0. The van der Waals surface area contributed by atoms with Crippen LogP contribution in [-0.2, 0) is 4.79 Å². The van der Waals surface area contributed by atoms with E-state index >= 15 is 0 Å². The fraction of sp³-hybridized carbons (Fsp3) is 0.500. The SMILES string of the molecule is NC(I)[C]=O. The predicted molar refractivity (Wildman–Crippen MR) is 27.7 cm³/mol. The van der Waals surface area contributed by atoms with Crippen LogP contribution >= 0.6 is 22.6 Å². The zero-order valence-electron chi connectivity index (χ0n) is 2.44. The maximum atomic E-state index is 9.25. The summed E-state index contributed by atoms with van der Waals surface area (Å²) < 4.78 is -0.451. The molecule has 0 heterocycles. The van der Waals surface area contributed by atoms with E-state index in [0.29, 0.717) is 0 Å². The van der Waals surface area contributed by atoms with Gasteiger partial charge in [-0.1, -0.05) is 22.6 Å². The van der Waals surface area contributed by atoms with Gasteiger partial charge in [0.25, 0.3) is 0 Å². The van der Waals surface area contributed by atoms with Crippen molar-refractivity contribution >= 4 is 28.9 Å². The average molecular weight is 184 g/mol. The Labute approximate surface area is 43.9 Å². The maximum Gasteiger partial charge on any atom is 0.227 e. The number of rotatable bonds is 1. The van der Waals surface area contributed by atoms with Crippen LogP contribution in [0.15, 0.2) is 0 Å². The third kappa shape index (κ3) is 4.36. The molecule has 5 heavy (non-hydrogen) atoms. The van der Waals surface area contributed by atoms with Crippen LogP contribution in [0.5, 0.6) is 0 Å². The second-order valence-corrected chi connectivity index (χ2v) is 1.86. The summed E-state index contributed by atoms with van der Waals surface area (Å²) in [6.07, 6.45) is 1.54. The molecule has 0 fully saturated rings. The van der Waals surface area contributed by atoms with E-state index in [-0.39, 0.29) is 0 Å². The van der Waals surface area contributed by atoms with Gasteiger partial charge >= 0.3 is 0 Å². The van der Waals surface area contributed by atoms with Crippen molar-refractivity contribution in [2.75, 3.05) is 0 Å². The lowest BCUT2D eigenvalue weighted by Gasteiger charge is -1.76. The summed E-state index contributed by atoms with van der Waals surface area (Å²) in [5.41, 5.74) is 4.85. The molecule has 0 aromatic carbocycles. The van der Waals surface area contributed by atoms with Crippen LogP contribution in [0, 0.1) is 0 Å². The molecular formula is C2H3INO. The van der Waals surface area contributed by atoms with Crippen molar-refractivity contribution in [1.29, 1.82) is 0 Å². The molecule has 2 nitrogen and oxygen atoms in total. The van der Waals surface area contributed by atoms with Crippen LogP contribution in [0.25, 0.3) is 0 Å². The molecule has 0 aliphatic rings. The number of nitrogens with two attached hydrogens (primary N) is 1. The standard InChI is InChI=1S/C2H3INO/c3-2(4)1-5/h2H,4H2. The minimum atomic E-state index is -0.451. The zero-order valence-corrected chi connectivity index (χ0v) is 4.60. The highest BCUT2D eigenvalue weighted by atomic mass is 127. The fourth-order valence-corrected chi connectivity index (χ4v) is 0. The van der Waals surface area contributed by atoms with Gasteiger partial charge in [0.2, 0.25) is 6.29 Å². The molecule has 1 unspecified atom stereocenters. The number of halogens is 1. The van der Waals surface area contributed by atoms with E-state index in [2.05, 4.69) is 0 Å². The maximum absolute atomic E-state index is 9.25. The highest BCUT2D eigenvalue weighted by Gasteiger charge is 1.84. The first-order chi connectivity index (χ1) is 2.27. The molecule has 0 aromatic rings. The lowest BCUT2D eigenvalue weighted by atomic mass is 10.8. The van der Waals surface area contributed by atoms with E-state index < -0.39 is 4.05 Å². The fourth-order valence-electron chi connectivity index (χ4n) is 0. The second kappa shape index (κ2) is 2.59. The van der Waals surface area contributed by atoms with Crippen molar-refractivity contribution < 1.29 is 4.79 Å². The Morgan fingerprint density at radius 3 is 2.20 bits per heavy atom. The summed E-state index contributed by atoms with van der Waals surface area (Å²) in [5.74, 6) is 0. The summed E-state index contributed by atoms with van der Waals surface area (Å²) in [5, 5.41) is 0. The van der Waals surface area contributed by atoms with Gasteiger partial charge in [0.1, 0.15) is 4.05 Å². The van der Waals surface area contributed by atoms with E-state index in [9.17, 15) is 4.79 Å². The first kappa shape index (κ1) is 5.36. The Hall–Kier alpha value is 0.360. The molecular weight excluding hydrogens is 181 g/mol. The zero-order chi connectivity index (χ0) is 4.28. The monoisotopic (exact) mass is 184 g/mol. The van der Waals surface area contributed by atoms with Gasteiger partial charge in [-0.2, -0.15) is 0 Å². The summed E-state index contributed by atoms with van der Waals surface area (Å²) in [7, 11) is 0. The average Bonchev–Trinajstić information content (AvgIpc) is 1.38. The van der Waals surface area contributed by atoms with Gasteiger partial charge in [-0.15, -0.1) is 0 Å². The van der Waals surface area contributed by atoms with Gasteiger partial charge in [-0.3, -0.25) is 4.79 Å². The van der Waals surface area contributed by atoms with Crippen LogP contribution in [-0.4, -0.2) is 10.3 Å². The summed E-state index contributed by atoms with van der Waals surface area (Å²) in [6, 6.07) is 0. The number of alkyl halides is 1. The van der Waals surface area contributed by atoms with E-state index in [1.54, 1.807) is 28.9 Å². The Bertz CT molecular complexity index is 36.6. The van der Waals surface area contributed by atoms with Gasteiger partial charge in [0.15, 0.2) is 0 Å². The van der Waals surface area contributed by atoms with Gasteiger partial charge in [-0.25, -0.2) is 0 Å². The Morgan fingerprint density at radius 2 is 2.20 bits per heavy atom. The molecule has 0 spiro atoms. The van der Waals surface area contributed by atoms with Crippen LogP contribution in [0.2, 0.25) is 0 Å². The Morgan fingerprint density at radius 1 is 2.00 bits per heavy atom. The topological polar surface area (TPSA) is 43.1 Å². The summed E-state index contributed by atoms with van der Waals surface area (Å²) >= 11 is 1.76. The van der Waals surface area contributed by atoms with Crippen LogP contribution in [0.1, 0.15) is 0 Å². The molecule has 2 N–H and O–H groups in total. The number of hydrogen-bond donors (Lipinski definition) is 1. The van der Waals surface area contributed by atoms with Crippen molar-refractivity contribution in [1.82, 2.24) is 0 Å². The molecule has 0 saturated carbocycles. The van der Waals surface area contributed by atoms with Crippen molar-refractivity contribution in [2.24, 2.45) is 5.73 Å². The number of hydrogen-bond acceptors (Lipinski definition) is 2. The molecule has 0 aromatic heterocycles. The third-order valence-electron chi connectivity index (χ3n) is 0.113. The first-order valence-corrected chi connectivity index (χ1v) is 2.29. The smallest absolute Gasteiger partial charge is 0.227 e. The molecule has 0 saturated heterocycles. The van der Waals surface area contributed by atoms with Crippen LogP contribution in [0.4, 0.5) is 0 Å². The molecule has 0 aliphatic heterocycles. The number of carbonyl (C=O) groups excluding carboxylic acids is 1. The van der Waals surface area contributed by atoms with Gasteiger partial charge in [0, 0.05) is 0 Å². The minimum Gasteiger partial charge on any atom is -0.313 e. The van der Waals surface area contributed by atoms with Crippen molar-refractivity contribution in [3.8, 4) is 0 Å². The summed E-state index contributed by atoms with van der Waals surface area (Å²) in [4.78, 5) is 9.25. The van der Waals surface area contributed by atoms with Gasteiger partial charge in [-0.05, 0) is 0 Å². The van der Waals surface area contributed by atoms with Gasteiger partial charge < -0.3 is 5.73 Å². The highest BCUT2D eigenvalue weighted by Crippen LogP contribution is 1.80. The van der Waals surface area contributed by atoms with Crippen LogP contribution in [0.3, 0.4) is 0 Å². The van der Waals surface area contributed by atoms with Crippen molar-refractivity contribution in [3.63, 3.8) is 0 Å². The Kier molecular flexibility index (Phi) is 2.78. The minimum absolute atomic E-state index is 0.451. The van der Waals surface area contributed by atoms with E-state index in [1.165, 1.54) is 0 Å². The molecule has 0 rings (SSSR count). The van der Waals surface area contributed by atoms with Crippen molar-refractivity contribution in [3.05, 3.63) is 0 Å². The molecule has 1 radical (unpaired) electrons. The molecule has 1 atom stereocenters. The lowest BCUT2D eigenvalue weighted by molar-refractivity contribution is 0.555. The quantitative estimate of drug-likeness (QED) is 0.348.